The minimum Gasteiger partial charge on any atom is -0.247 e. The lowest BCUT2D eigenvalue weighted by atomic mass is 9.90. The summed E-state index contributed by atoms with van der Waals surface area (Å²) in [6.07, 6.45) is 0. The van der Waals surface area contributed by atoms with Gasteiger partial charge < -0.3 is 0 Å². The summed E-state index contributed by atoms with van der Waals surface area (Å²) in [7, 11) is 0. The van der Waals surface area contributed by atoms with Gasteiger partial charge in [-0.1, -0.05) is 340 Å². The molecule has 6 heteroatoms. The molecule has 0 aliphatic carbocycles. The summed E-state index contributed by atoms with van der Waals surface area (Å²) in [6, 6.07) is 131. The average molecular weight is 1280 g/mol. The standard InChI is InChI=1S/2C47H31N3/c1-5-15-32(16-6-1)41-30-43(34-17-7-2-8-18-34)48-46-39-24-14-13-23-38(39)40(29-42(41)46)33-25-27-36(28-26-33)45-31-44(35-19-9-3-10-20-35)49-47(50-45)37-21-11-4-12-22-37;1-5-15-32(16-6-1)41-30-43(34-17-7-2-8-18-34)48-46-39-24-14-13-23-38(39)40(29-42(41)46)33-25-27-37(28-26-33)47-49-44(35-19-9-3-10-20-35)31-45(50-47)36-21-11-4-12-22-36/h2*1-31H. The summed E-state index contributed by atoms with van der Waals surface area (Å²) < 4.78 is 0. The van der Waals surface area contributed by atoms with Gasteiger partial charge in [-0.15, -0.1) is 0 Å². The molecule has 0 N–H and O–H groups in total. The number of pyridine rings is 2. The Morgan fingerprint density at radius 2 is 0.330 bits per heavy atom. The average Bonchev–Trinajstić information content (AvgIpc) is 0.749. The maximum atomic E-state index is 5.30. The lowest BCUT2D eigenvalue weighted by molar-refractivity contribution is 1.18. The number of aromatic nitrogens is 6. The number of rotatable bonds is 12. The van der Waals surface area contributed by atoms with Crippen molar-refractivity contribution in [1.82, 2.24) is 29.9 Å². The van der Waals surface area contributed by atoms with Crippen LogP contribution in [0.1, 0.15) is 0 Å². The van der Waals surface area contributed by atoms with Gasteiger partial charge in [0.2, 0.25) is 0 Å². The van der Waals surface area contributed by atoms with Crippen molar-refractivity contribution in [2.24, 2.45) is 0 Å². The van der Waals surface area contributed by atoms with Crippen LogP contribution >= 0.6 is 0 Å². The highest BCUT2D eigenvalue weighted by Crippen LogP contribution is 2.44. The topological polar surface area (TPSA) is 77.3 Å². The van der Waals surface area contributed by atoms with Gasteiger partial charge in [-0.2, -0.15) is 0 Å². The highest BCUT2D eigenvalue weighted by atomic mass is 14.9. The van der Waals surface area contributed by atoms with Gasteiger partial charge in [0.15, 0.2) is 11.6 Å². The van der Waals surface area contributed by atoms with E-state index in [0.717, 1.165) is 139 Å². The van der Waals surface area contributed by atoms with E-state index in [2.05, 4.69) is 291 Å². The smallest absolute Gasteiger partial charge is 0.160 e. The van der Waals surface area contributed by atoms with Gasteiger partial charge in [-0.3, -0.25) is 0 Å². The molecule has 0 radical (unpaired) electrons. The Bertz CT molecular complexity index is 5460. The Balaban J connectivity index is 0.000000150. The minimum atomic E-state index is 0.698. The molecular formula is C94H62N6. The van der Waals surface area contributed by atoms with E-state index < -0.39 is 0 Å². The molecule has 0 unspecified atom stereocenters. The third kappa shape index (κ3) is 12.1. The molecule has 18 aromatic rings. The van der Waals surface area contributed by atoms with Crippen LogP contribution in [0.15, 0.2) is 376 Å². The SMILES string of the molecule is c1ccc(-c2cc(-c3ccc(-c4cc5c(-c6ccccc6)cc(-c6ccccc6)nc5c5ccccc45)cc3)nc(-c3ccccc3)n2)cc1.c1ccc(-c2cc(-c3ccccc3)nc(-c3ccc(-c4cc5c(-c6ccccc6)cc(-c6ccccc6)nc5c5ccccc45)cc3)n2)cc1. The molecule has 0 saturated carbocycles. The first-order valence-corrected chi connectivity index (χ1v) is 33.7. The molecule has 0 aliphatic rings. The predicted molar refractivity (Wildman–Crippen MR) is 415 cm³/mol. The Kier molecular flexibility index (Phi) is 16.3. The molecule has 18 rings (SSSR count). The summed E-state index contributed by atoms with van der Waals surface area (Å²) in [5.74, 6) is 1.41. The third-order valence-electron chi connectivity index (χ3n) is 18.6. The second-order valence-electron chi connectivity index (χ2n) is 24.8. The molecular weight excluding hydrogens is 1210 g/mol. The van der Waals surface area contributed by atoms with E-state index in [1.165, 1.54) is 27.6 Å². The van der Waals surface area contributed by atoms with Crippen LogP contribution < -0.4 is 0 Å². The highest BCUT2D eigenvalue weighted by Gasteiger charge is 2.20. The van der Waals surface area contributed by atoms with Gasteiger partial charge in [0.1, 0.15) is 0 Å². The van der Waals surface area contributed by atoms with Crippen LogP contribution in [0.5, 0.6) is 0 Å². The third-order valence-corrected chi connectivity index (χ3v) is 18.6. The molecule has 100 heavy (non-hydrogen) atoms. The number of hydrogen-bond acceptors (Lipinski definition) is 6. The zero-order chi connectivity index (χ0) is 66.6. The van der Waals surface area contributed by atoms with E-state index in [0.29, 0.717) is 11.6 Å². The quantitative estimate of drug-likeness (QED) is 0.113. The number of hydrogen-bond donors (Lipinski definition) is 0. The second-order valence-corrected chi connectivity index (χ2v) is 24.8. The monoisotopic (exact) mass is 1270 g/mol. The molecule has 0 amide bonds. The molecule has 0 spiro atoms. The summed E-state index contributed by atoms with van der Waals surface area (Å²) in [5.41, 5.74) is 25.2. The van der Waals surface area contributed by atoms with Crippen molar-refractivity contribution in [3.8, 4) is 135 Å². The van der Waals surface area contributed by atoms with Crippen LogP contribution in [0.4, 0.5) is 0 Å². The van der Waals surface area contributed by atoms with E-state index in [4.69, 9.17) is 29.9 Å². The van der Waals surface area contributed by atoms with Crippen molar-refractivity contribution in [2.75, 3.05) is 0 Å². The van der Waals surface area contributed by atoms with E-state index in [-0.39, 0.29) is 0 Å². The molecule has 0 aliphatic heterocycles. The second kappa shape index (κ2) is 27.0. The van der Waals surface area contributed by atoms with Crippen LogP contribution in [0.3, 0.4) is 0 Å². The van der Waals surface area contributed by atoms with E-state index in [1.807, 2.05) is 84.9 Å². The molecule has 4 aromatic heterocycles. The minimum absolute atomic E-state index is 0.698. The van der Waals surface area contributed by atoms with Crippen LogP contribution in [-0.4, -0.2) is 29.9 Å². The van der Waals surface area contributed by atoms with Crippen LogP contribution in [0.25, 0.3) is 178 Å². The Morgan fingerprint density at radius 1 is 0.130 bits per heavy atom. The van der Waals surface area contributed by atoms with Crippen LogP contribution in [0, 0.1) is 0 Å². The van der Waals surface area contributed by atoms with Crippen molar-refractivity contribution in [1.29, 1.82) is 0 Å². The molecule has 6 nitrogen and oxygen atoms in total. The Hall–Kier alpha value is -13.4. The molecule has 0 saturated heterocycles. The van der Waals surface area contributed by atoms with Gasteiger partial charge in [0, 0.05) is 66.1 Å². The van der Waals surface area contributed by atoms with Gasteiger partial charge in [-0.25, -0.2) is 29.9 Å². The van der Waals surface area contributed by atoms with Crippen molar-refractivity contribution < 1.29 is 0 Å². The van der Waals surface area contributed by atoms with E-state index >= 15 is 0 Å². The lowest BCUT2D eigenvalue weighted by Crippen LogP contribution is -1.96. The molecule has 14 aromatic carbocycles. The predicted octanol–water partition coefficient (Wildman–Crippen LogP) is 24.4. The molecule has 4 heterocycles. The highest BCUT2D eigenvalue weighted by molar-refractivity contribution is 6.18. The lowest BCUT2D eigenvalue weighted by Gasteiger charge is -2.16. The summed E-state index contributed by atoms with van der Waals surface area (Å²) >= 11 is 0. The maximum Gasteiger partial charge on any atom is 0.160 e. The first-order valence-electron chi connectivity index (χ1n) is 33.7. The largest absolute Gasteiger partial charge is 0.247 e. The fourth-order valence-corrected chi connectivity index (χ4v) is 13.6. The van der Waals surface area contributed by atoms with Gasteiger partial charge in [-0.05, 0) is 91.7 Å². The fraction of sp³-hybridized carbons (Fsp3) is 0. The normalized spacial score (nSPS) is 11.2. The van der Waals surface area contributed by atoms with Crippen molar-refractivity contribution >= 4 is 43.4 Å². The fourth-order valence-electron chi connectivity index (χ4n) is 13.6. The van der Waals surface area contributed by atoms with E-state index in [1.54, 1.807) is 0 Å². The molecule has 468 valence electrons. The Labute approximate surface area is 580 Å². The molecule has 0 atom stereocenters. The van der Waals surface area contributed by atoms with Gasteiger partial charge in [0.05, 0.1) is 45.2 Å². The zero-order valence-corrected chi connectivity index (χ0v) is 54.5. The first-order chi connectivity index (χ1) is 49.6. The summed E-state index contributed by atoms with van der Waals surface area (Å²) in [6.45, 7) is 0. The van der Waals surface area contributed by atoms with Crippen LogP contribution in [0.2, 0.25) is 0 Å². The maximum absolute atomic E-state index is 5.30. The molecule has 0 fully saturated rings. The number of fused-ring (bicyclic) bond motifs is 6. The van der Waals surface area contributed by atoms with Crippen molar-refractivity contribution in [3.05, 3.63) is 376 Å². The van der Waals surface area contributed by atoms with E-state index in [9.17, 15) is 0 Å². The van der Waals surface area contributed by atoms with Gasteiger partial charge in [0.25, 0.3) is 0 Å². The van der Waals surface area contributed by atoms with Crippen LogP contribution in [-0.2, 0) is 0 Å². The summed E-state index contributed by atoms with van der Waals surface area (Å²) in [4.78, 5) is 30.7. The van der Waals surface area contributed by atoms with Crippen molar-refractivity contribution in [3.63, 3.8) is 0 Å². The Morgan fingerprint density at radius 3 is 0.640 bits per heavy atom. The number of benzene rings is 14. The van der Waals surface area contributed by atoms with Crippen molar-refractivity contribution in [2.45, 2.75) is 0 Å². The zero-order valence-electron chi connectivity index (χ0n) is 54.5. The summed E-state index contributed by atoms with van der Waals surface area (Å²) in [5, 5.41) is 6.85. The number of nitrogens with zero attached hydrogens (tertiary/aromatic N) is 6. The van der Waals surface area contributed by atoms with Gasteiger partial charge >= 0.3 is 0 Å². The first kappa shape index (κ1) is 60.3. The molecule has 0 bridgehead atoms.